The van der Waals surface area contributed by atoms with E-state index in [4.69, 9.17) is 16.7 Å². The van der Waals surface area contributed by atoms with Crippen LogP contribution in [0.15, 0.2) is 24.3 Å². The van der Waals surface area contributed by atoms with Gasteiger partial charge in [-0.15, -0.1) is 0 Å². The molecule has 0 saturated carbocycles. The number of hydrogen-bond donors (Lipinski definition) is 1. The zero-order valence-corrected chi connectivity index (χ0v) is 10.4. The molecule has 3 nitrogen and oxygen atoms in total. The maximum atomic E-state index is 10.9. The first-order valence-corrected chi connectivity index (χ1v) is 5.51. The van der Waals surface area contributed by atoms with Crippen molar-refractivity contribution in [2.75, 3.05) is 7.05 Å². The Bertz CT molecular complexity index is 381. The molecule has 0 aliphatic carbocycles. The Morgan fingerprint density at radius 1 is 1.44 bits per heavy atom. The van der Waals surface area contributed by atoms with E-state index in [-0.39, 0.29) is 6.04 Å². The third kappa shape index (κ3) is 2.97. The summed E-state index contributed by atoms with van der Waals surface area (Å²) >= 11 is 5.90. The first-order valence-electron chi connectivity index (χ1n) is 5.13. The monoisotopic (exact) mass is 241 g/mol. The summed E-state index contributed by atoms with van der Waals surface area (Å²) in [5.41, 5.74) is 1.02. The summed E-state index contributed by atoms with van der Waals surface area (Å²) in [4.78, 5) is 12.7. The molecule has 0 aromatic heterocycles. The van der Waals surface area contributed by atoms with Crippen LogP contribution in [0.3, 0.4) is 0 Å². The average Bonchev–Trinajstić information content (AvgIpc) is 2.26. The van der Waals surface area contributed by atoms with E-state index in [1.807, 2.05) is 25.1 Å². The molecule has 0 spiro atoms. The van der Waals surface area contributed by atoms with Crippen molar-refractivity contribution in [2.24, 2.45) is 0 Å². The summed E-state index contributed by atoms with van der Waals surface area (Å²) in [7, 11) is 1.80. The summed E-state index contributed by atoms with van der Waals surface area (Å²) in [5, 5.41) is 9.60. The lowest BCUT2D eigenvalue weighted by Crippen LogP contribution is -2.37. The van der Waals surface area contributed by atoms with Crippen LogP contribution in [-0.2, 0) is 4.79 Å². The van der Waals surface area contributed by atoms with Crippen molar-refractivity contribution in [2.45, 2.75) is 25.9 Å². The fraction of sp³-hybridized carbons (Fsp3) is 0.417. The van der Waals surface area contributed by atoms with Crippen LogP contribution in [0.25, 0.3) is 0 Å². The van der Waals surface area contributed by atoms with E-state index in [0.29, 0.717) is 5.02 Å². The molecule has 0 heterocycles. The van der Waals surface area contributed by atoms with Crippen LogP contribution in [0.4, 0.5) is 0 Å². The number of carboxylic acids is 1. The lowest BCUT2D eigenvalue weighted by Gasteiger charge is -2.28. The Morgan fingerprint density at radius 3 is 2.56 bits per heavy atom. The molecule has 0 radical (unpaired) electrons. The molecule has 0 fully saturated rings. The van der Waals surface area contributed by atoms with Crippen molar-refractivity contribution in [3.63, 3.8) is 0 Å². The Labute approximate surface area is 101 Å². The van der Waals surface area contributed by atoms with Gasteiger partial charge in [0, 0.05) is 11.1 Å². The van der Waals surface area contributed by atoms with Gasteiger partial charge in [0.15, 0.2) is 0 Å². The van der Waals surface area contributed by atoms with E-state index in [9.17, 15) is 4.79 Å². The molecule has 1 aromatic rings. The fourth-order valence-electron chi connectivity index (χ4n) is 1.51. The average molecular weight is 242 g/mol. The van der Waals surface area contributed by atoms with Crippen LogP contribution in [0.2, 0.25) is 5.02 Å². The first-order chi connectivity index (χ1) is 7.43. The summed E-state index contributed by atoms with van der Waals surface area (Å²) in [6.45, 7) is 3.63. The lowest BCUT2D eigenvalue weighted by molar-refractivity contribution is -0.142. The van der Waals surface area contributed by atoms with E-state index in [0.717, 1.165) is 5.56 Å². The molecular formula is C12H16ClNO2. The maximum Gasteiger partial charge on any atom is 0.320 e. The highest BCUT2D eigenvalue weighted by Gasteiger charge is 2.22. The third-order valence-corrected chi connectivity index (χ3v) is 3.15. The summed E-state index contributed by atoms with van der Waals surface area (Å²) in [5.74, 6) is -0.823. The zero-order chi connectivity index (χ0) is 12.3. The molecule has 0 amide bonds. The second kappa shape index (κ2) is 5.32. The molecule has 0 aliphatic rings. The molecule has 1 N–H and O–H groups in total. The van der Waals surface area contributed by atoms with Crippen molar-refractivity contribution >= 4 is 17.6 Å². The molecule has 2 atom stereocenters. The summed E-state index contributed by atoms with van der Waals surface area (Å²) in [6, 6.07) is 6.98. The largest absolute Gasteiger partial charge is 0.480 e. The molecule has 0 saturated heterocycles. The number of carboxylic acid groups (broad SMARTS) is 1. The maximum absolute atomic E-state index is 10.9. The van der Waals surface area contributed by atoms with E-state index in [1.54, 1.807) is 24.9 Å². The van der Waals surface area contributed by atoms with Gasteiger partial charge in [0.05, 0.1) is 0 Å². The van der Waals surface area contributed by atoms with Crippen molar-refractivity contribution < 1.29 is 9.90 Å². The second-order valence-corrected chi connectivity index (χ2v) is 4.35. The fourth-order valence-corrected chi connectivity index (χ4v) is 1.71. The predicted molar refractivity (Wildman–Crippen MR) is 64.7 cm³/mol. The molecule has 1 aromatic carbocycles. The smallest absolute Gasteiger partial charge is 0.320 e. The molecular weight excluding hydrogens is 226 g/mol. The van der Waals surface area contributed by atoms with E-state index in [2.05, 4.69) is 0 Å². The Morgan fingerprint density at radius 2 is 2.06 bits per heavy atom. The topological polar surface area (TPSA) is 40.5 Å². The SMILES string of the molecule is CC(C(=O)O)N(C)C(C)c1cccc(Cl)c1. The third-order valence-electron chi connectivity index (χ3n) is 2.91. The normalized spacial score (nSPS) is 14.8. The number of nitrogens with zero attached hydrogens (tertiary/aromatic N) is 1. The quantitative estimate of drug-likeness (QED) is 0.881. The van der Waals surface area contributed by atoms with Crippen molar-refractivity contribution in [3.05, 3.63) is 34.9 Å². The highest BCUT2D eigenvalue weighted by molar-refractivity contribution is 6.30. The van der Waals surface area contributed by atoms with Gasteiger partial charge < -0.3 is 5.11 Å². The van der Waals surface area contributed by atoms with Gasteiger partial charge in [-0.3, -0.25) is 9.69 Å². The van der Waals surface area contributed by atoms with Gasteiger partial charge in [-0.05, 0) is 38.6 Å². The summed E-state index contributed by atoms with van der Waals surface area (Å²) < 4.78 is 0. The Hall–Kier alpha value is -1.06. The predicted octanol–water partition coefficient (Wildman–Crippen LogP) is 2.81. The van der Waals surface area contributed by atoms with E-state index >= 15 is 0 Å². The Balaban J connectivity index is 2.85. The van der Waals surface area contributed by atoms with E-state index < -0.39 is 12.0 Å². The van der Waals surface area contributed by atoms with Crippen LogP contribution in [-0.4, -0.2) is 29.1 Å². The van der Waals surface area contributed by atoms with Crippen LogP contribution in [0.5, 0.6) is 0 Å². The molecule has 0 bridgehead atoms. The van der Waals surface area contributed by atoms with Gasteiger partial charge >= 0.3 is 5.97 Å². The van der Waals surface area contributed by atoms with Crippen molar-refractivity contribution in [3.8, 4) is 0 Å². The second-order valence-electron chi connectivity index (χ2n) is 3.91. The Kier molecular flexibility index (Phi) is 4.33. The van der Waals surface area contributed by atoms with Gasteiger partial charge in [-0.2, -0.15) is 0 Å². The standard InChI is InChI=1S/C12H16ClNO2/c1-8(14(3)9(2)12(15)16)10-5-4-6-11(13)7-10/h4-9H,1-3H3,(H,15,16). The highest BCUT2D eigenvalue weighted by Crippen LogP contribution is 2.23. The number of hydrogen-bond acceptors (Lipinski definition) is 2. The molecule has 0 aliphatic heterocycles. The van der Waals surface area contributed by atoms with Gasteiger partial charge in [0.2, 0.25) is 0 Å². The molecule has 16 heavy (non-hydrogen) atoms. The lowest BCUT2D eigenvalue weighted by atomic mass is 10.1. The number of carbonyl (C=O) groups is 1. The number of aliphatic carboxylic acids is 1. The summed E-state index contributed by atoms with van der Waals surface area (Å²) in [6.07, 6.45) is 0. The van der Waals surface area contributed by atoms with Crippen LogP contribution >= 0.6 is 11.6 Å². The zero-order valence-electron chi connectivity index (χ0n) is 9.64. The number of likely N-dealkylation sites (N-methyl/N-ethyl adjacent to an activating group) is 1. The minimum atomic E-state index is -0.823. The van der Waals surface area contributed by atoms with Crippen LogP contribution in [0.1, 0.15) is 25.5 Å². The number of benzene rings is 1. The molecule has 88 valence electrons. The van der Waals surface area contributed by atoms with Gasteiger partial charge in [0.25, 0.3) is 0 Å². The number of rotatable bonds is 4. The highest BCUT2D eigenvalue weighted by atomic mass is 35.5. The first kappa shape index (κ1) is 13.0. The minimum absolute atomic E-state index is 0.0183. The van der Waals surface area contributed by atoms with Gasteiger partial charge in [-0.1, -0.05) is 23.7 Å². The number of halogens is 1. The van der Waals surface area contributed by atoms with Gasteiger partial charge in [-0.25, -0.2) is 0 Å². The van der Waals surface area contributed by atoms with Crippen LogP contribution < -0.4 is 0 Å². The molecule has 1 rings (SSSR count). The van der Waals surface area contributed by atoms with Crippen molar-refractivity contribution in [1.29, 1.82) is 0 Å². The van der Waals surface area contributed by atoms with Gasteiger partial charge in [0.1, 0.15) is 6.04 Å². The molecule has 4 heteroatoms. The molecule has 2 unspecified atom stereocenters. The minimum Gasteiger partial charge on any atom is -0.480 e. The van der Waals surface area contributed by atoms with Crippen LogP contribution in [0, 0.1) is 0 Å². The van der Waals surface area contributed by atoms with E-state index in [1.165, 1.54) is 0 Å². The van der Waals surface area contributed by atoms with Crippen molar-refractivity contribution in [1.82, 2.24) is 4.90 Å².